The molecule has 4 nitrogen and oxygen atoms in total. The molecule has 1 N–H and O–H groups in total. The number of rotatable bonds is 6. The van der Waals surface area contributed by atoms with E-state index in [4.69, 9.17) is 0 Å². The number of carbonyl (C=O) groups excluding carboxylic acids is 1. The molecule has 0 fully saturated rings. The fourth-order valence-electron chi connectivity index (χ4n) is 2.12. The zero-order chi connectivity index (χ0) is 16.8. The van der Waals surface area contributed by atoms with E-state index in [1.165, 1.54) is 23.9 Å². The van der Waals surface area contributed by atoms with Crippen LogP contribution in [0.15, 0.2) is 65.4 Å². The van der Waals surface area contributed by atoms with Gasteiger partial charge in [0.15, 0.2) is 5.16 Å². The van der Waals surface area contributed by atoms with E-state index in [-0.39, 0.29) is 23.5 Å². The minimum absolute atomic E-state index is 0.129. The number of thioether (sulfide) groups is 1. The third-order valence-electron chi connectivity index (χ3n) is 3.21. The Hall–Kier alpha value is -2.25. The van der Waals surface area contributed by atoms with E-state index in [0.717, 1.165) is 10.4 Å². The van der Waals surface area contributed by atoms with Gasteiger partial charge >= 0.3 is 0 Å². The van der Waals surface area contributed by atoms with Crippen molar-refractivity contribution in [3.8, 4) is 0 Å². The first kappa shape index (κ1) is 16.6. The highest BCUT2D eigenvalue weighted by Gasteiger charge is 2.18. The van der Waals surface area contributed by atoms with Crippen molar-refractivity contribution in [1.29, 1.82) is 0 Å². The average molecular weight is 359 g/mol. The maximum absolute atomic E-state index is 13.2. The van der Waals surface area contributed by atoms with E-state index >= 15 is 0 Å². The lowest BCUT2D eigenvalue weighted by Gasteiger charge is -2.18. The molecule has 0 saturated heterocycles. The number of amides is 1. The van der Waals surface area contributed by atoms with Gasteiger partial charge in [0.05, 0.1) is 11.8 Å². The highest BCUT2D eigenvalue weighted by atomic mass is 32.2. The number of carbonyl (C=O) groups is 1. The van der Waals surface area contributed by atoms with Crippen LogP contribution in [0.3, 0.4) is 0 Å². The van der Waals surface area contributed by atoms with Crippen LogP contribution in [-0.2, 0) is 4.79 Å². The second-order valence-electron chi connectivity index (χ2n) is 4.89. The first-order valence-corrected chi connectivity index (χ1v) is 9.07. The Bertz CT molecular complexity index is 779. The van der Waals surface area contributed by atoms with Crippen LogP contribution in [0, 0.1) is 5.82 Å². The summed E-state index contributed by atoms with van der Waals surface area (Å²) in [6.07, 6.45) is 3.28. The molecule has 7 heteroatoms. The number of nitrogens with zero attached hydrogens (tertiary/aromatic N) is 2. The lowest BCUT2D eigenvalue weighted by Crippen LogP contribution is -2.30. The van der Waals surface area contributed by atoms with E-state index in [0.29, 0.717) is 5.16 Å². The SMILES string of the molecule is O=C(CSc1ncccn1)N[C@H](c1ccc(F)cc1)c1cccs1. The Labute approximate surface area is 147 Å². The van der Waals surface area contributed by atoms with Crippen LogP contribution in [0.25, 0.3) is 0 Å². The van der Waals surface area contributed by atoms with Crippen LogP contribution in [0.5, 0.6) is 0 Å². The molecule has 1 amide bonds. The highest BCUT2D eigenvalue weighted by Crippen LogP contribution is 2.26. The van der Waals surface area contributed by atoms with Gasteiger partial charge in [-0.15, -0.1) is 11.3 Å². The second-order valence-corrected chi connectivity index (χ2v) is 6.81. The molecule has 0 unspecified atom stereocenters. The van der Waals surface area contributed by atoms with Gasteiger partial charge in [-0.3, -0.25) is 4.79 Å². The Morgan fingerprint density at radius 2 is 1.92 bits per heavy atom. The molecule has 0 bridgehead atoms. The van der Waals surface area contributed by atoms with E-state index in [1.807, 2.05) is 17.5 Å². The predicted molar refractivity (Wildman–Crippen MR) is 93.5 cm³/mol. The lowest BCUT2D eigenvalue weighted by atomic mass is 10.1. The molecule has 0 saturated carbocycles. The van der Waals surface area contributed by atoms with Crippen LogP contribution >= 0.6 is 23.1 Å². The average Bonchev–Trinajstić information content (AvgIpc) is 3.14. The molecule has 3 aromatic rings. The summed E-state index contributed by atoms with van der Waals surface area (Å²) >= 11 is 2.82. The number of halogens is 1. The summed E-state index contributed by atoms with van der Waals surface area (Å²) in [6, 6.07) is 11.5. The third-order valence-corrected chi connectivity index (χ3v) is 5.02. The zero-order valence-corrected chi connectivity index (χ0v) is 14.2. The van der Waals surface area contributed by atoms with Gasteiger partial charge < -0.3 is 5.32 Å². The number of benzene rings is 1. The molecule has 0 radical (unpaired) electrons. The maximum Gasteiger partial charge on any atom is 0.231 e. The summed E-state index contributed by atoms with van der Waals surface area (Å²) in [7, 11) is 0. The van der Waals surface area contributed by atoms with Gasteiger partial charge in [0.1, 0.15) is 5.82 Å². The monoisotopic (exact) mass is 359 g/mol. The van der Waals surface area contributed by atoms with Gasteiger partial charge in [-0.05, 0) is 35.2 Å². The zero-order valence-electron chi connectivity index (χ0n) is 12.6. The normalized spacial score (nSPS) is 11.9. The predicted octanol–water partition coefficient (Wildman–Crippen LogP) is 3.68. The summed E-state index contributed by atoms with van der Waals surface area (Å²) in [5, 5.41) is 5.50. The minimum atomic E-state index is -0.299. The van der Waals surface area contributed by atoms with Crippen LogP contribution in [0.4, 0.5) is 4.39 Å². The van der Waals surface area contributed by atoms with Crippen LogP contribution < -0.4 is 5.32 Å². The molecule has 0 aliphatic heterocycles. The maximum atomic E-state index is 13.2. The van der Waals surface area contributed by atoms with Crippen molar-refractivity contribution in [2.45, 2.75) is 11.2 Å². The Balaban J connectivity index is 1.70. The molecule has 2 heterocycles. The first-order valence-electron chi connectivity index (χ1n) is 7.20. The van der Waals surface area contributed by atoms with E-state index in [2.05, 4.69) is 15.3 Å². The molecular weight excluding hydrogens is 345 g/mol. The lowest BCUT2D eigenvalue weighted by molar-refractivity contribution is -0.119. The van der Waals surface area contributed by atoms with Gasteiger partial charge in [-0.1, -0.05) is 30.0 Å². The van der Waals surface area contributed by atoms with Crippen LogP contribution in [0.1, 0.15) is 16.5 Å². The van der Waals surface area contributed by atoms with Gasteiger partial charge in [-0.2, -0.15) is 0 Å². The third kappa shape index (κ3) is 4.39. The summed E-state index contributed by atoms with van der Waals surface area (Å²) in [5.74, 6) is -0.213. The van der Waals surface area contributed by atoms with Crippen molar-refractivity contribution in [3.63, 3.8) is 0 Å². The highest BCUT2D eigenvalue weighted by molar-refractivity contribution is 7.99. The van der Waals surface area contributed by atoms with Crippen LogP contribution in [-0.4, -0.2) is 21.6 Å². The molecule has 24 heavy (non-hydrogen) atoms. The number of hydrogen-bond acceptors (Lipinski definition) is 5. The minimum Gasteiger partial charge on any atom is -0.344 e. The molecule has 3 rings (SSSR count). The largest absolute Gasteiger partial charge is 0.344 e. The van der Waals surface area contributed by atoms with Gasteiger partial charge in [0.2, 0.25) is 5.91 Å². The molecule has 0 aliphatic rings. The Morgan fingerprint density at radius 3 is 2.58 bits per heavy atom. The van der Waals surface area contributed by atoms with Crippen molar-refractivity contribution in [1.82, 2.24) is 15.3 Å². The van der Waals surface area contributed by atoms with Crippen molar-refractivity contribution in [2.24, 2.45) is 0 Å². The fourth-order valence-corrected chi connectivity index (χ4v) is 3.54. The molecule has 1 atom stereocenters. The number of hydrogen-bond donors (Lipinski definition) is 1. The van der Waals surface area contributed by atoms with Gasteiger partial charge in [0.25, 0.3) is 0 Å². The first-order chi connectivity index (χ1) is 11.7. The summed E-state index contributed by atoms with van der Waals surface area (Å²) < 4.78 is 13.2. The summed E-state index contributed by atoms with van der Waals surface area (Å²) in [5.41, 5.74) is 0.841. The van der Waals surface area contributed by atoms with Crippen molar-refractivity contribution < 1.29 is 9.18 Å². The van der Waals surface area contributed by atoms with Gasteiger partial charge in [0, 0.05) is 17.3 Å². The van der Waals surface area contributed by atoms with Crippen LogP contribution in [0.2, 0.25) is 0 Å². The smallest absolute Gasteiger partial charge is 0.231 e. The quantitative estimate of drug-likeness (QED) is 0.539. The Morgan fingerprint density at radius 1 is 1.17 bits per heavy atom. The standard InChI is InChI=1S/C17H14FN3OS2/c18-13-6-4-12(5-7-13)16(14-3-1-10-23-14)21-15(22)11-24-17-19-8-2-9-20-17/h1-10,16H,11H2,(H,21,22)/t16-/m1/s1. The molecule has 122 valence electrons. The Kier molecular flexibility index (Phi) is 5.55. The topological polar surface area (TPSA) is 54.9 Å². The van der Waals surface area contributed by atoms with E-state index in [1.54, 1.807) is 41.9 Å². The van der Waals surface area contributed by atoms with E-state index in [9.17, 15) is 9.18 Å². The molecule has 0 spiro atoms. The molecule has 1 aromatic carbocycles. The van der Waals surface area contributed by atoms with Crippen molar-refractivity contribution in [3.05, 3.63) is 76.5 Å². The molecular formula is C17H14FN3OS2. The summed E-state index contributed by atoms with van der Waals surface area (Å²) in [4.78, 5) is 21.5. The number of aromatic nitrogens is 2. The number of thiophene rings is 1. The fraction of sp³-hybridized carbons (Fsp3) is 0.118. The summed E-state index contributed by atoms with van der Waals surface area (Å²) in [6.45, 7) is 0. The van der Waals surface area contributed by atoms with Crippen molar-refractivity contribution in [2.75, 3.05) is 5.75 Å². The van der Waals surface area contributed by atoms with Gasteiger partial charge in [-0.25, -0.2) is 14.4 Å². The van der Waals surface area contributed by atoms with Crippen molar-refractivity contribution >= 4 is 29.0 Å². The molecule has 0 aliphatic carbocycles. The number of nitrogens with one attached hydrogen (secondary N) is 1. The van der Waals surface area contributed by atoms with E-state index < -0.39 is 0 Å². The second kappa shape index (κ2) is 8.03. The molecule has 2 aromatic heterocycles.